The van der Waals surface area contributed by atoms with Crippen molar-refractivity contribution in [3.63, 3.8) is 0 Å². The van der Waals surface area contributed by atoms with Crippen LogP contribution in [-0.2, 0) is 4.79 Å². The second kappa shape index (κ2) is 7.13. The van der Waals surface area contributed by atoms with Gasteiger partial charge in [0.1, 0.15) is 10.6 Å². The average Bonchev–Trinajstić information content (AvgIpc) is 2.92. The normalized spacial score (nSPS) is 10.5. The molecule has 0 spiro atoms. The number of ether oxygens (including phenoxy) is 1. The monoisotopic (exact) mass is 374 g/mol. The maximum atomic E-state index is 12.6. The van der Waals surface area contributed by atoms with Crippen LogP contribution in [0.25, 0.3) is 10.1 Å². The van der Waals surface area contributed by atoms with Gasteiger partial charge in [-0.25, -0.2) is 0 Å². The predicted octanol–water partition coefficient (Wildman–Crippen LogP) is 4.77. The topological polar surface area (TPSA) is 67.4 Å². The van der Waals surface area contributed by atoms with Gasteiger partial charge in [0.15, 0.2) is 0 Å². The molecule has 0 fully saturated rings. The number of fused-ring (bicyclic) bond motifs is 1. The number of methoxy groups -OCH3 is 1. The molecule has 0 aliphatic heterocycles. The number of hydrogen-bond donors (Lipinski definition) is 2. The van der Waals surface area contributed by atoms with Crippen molar-refractivity contribution < 1.29 is 14.3 Å². The minimum Gasteiger partial charge on any atom is -0.495 e. The van der Waals surface area contributed by atoms with Gasteiger partial charge in [-0.1, -0.05) is 29.8 Å². The van der Waals surface area contributed by atoms with Crippen LogP contribution in [0.1, 0.15) is 16.6 Å². The smallest absolute Gasteiger partial charge is 0.267 e. The van der Waals surface area contributed by atoms with E-state index in [-0.39, 0.29) is 11.8 Å². The Balaban J connectivity index is 1.89. The SMILES string of the molecule is COc1ccc(NC(=O)c2sc3ccccc3c2Cl)cc1NC(C)=O. The molecule has 2 N–H and O–H groups in total. The predicted molar refractivity (Wildman–Crippen MR) is 102 cm³/mol. The lowest BCUT2D eigenvalue weighted by Gasteiger charge is -2.11. The number of anilines is 2. The highest BCUT2D eigenvalue weighted by Crippen LogP contribution is 2.36. The van der Waals surface area contributed by atoms with Gasteiger partial charge < -0.3 is 15.4 Å². The van der Waals surface area contributed by atoms with Crippen molar-refractivity contribution in [2.45, 2.75) is 6.92 Å². The van der Waals surface area contributed by atoms with Crippen molar-refractivity contribution in [3.8, 4) is 5.75 Å². The van der Waals surface area contributed by atoms with Crippen LogP contribution in [0, 0.1) is 0 Å². The van der Waals surface area contributed by atoms with Crippen molar-refractivity contribution >= 4 is 56.2 Å². The van der Waals surface area contributed by atoms with Crippen molar-refractivity contribution in [2.24, 2.45) is 0 Å². The fourth-order valence-corrected chi connectivity index (χ4v) is 3.83. The van der Waals surface area contributed by atoms with Crippen molar-refractivity contribution in [2.75, 3.05) is 17.7 Å². The first-order valence-electron chi connectivity index (χ1n) is 7.43. The van der Waals surface area contributed by atoms with Crippen LogP contribution in [0.2, 0.25) is 5.02 Å². The summed E-state index contributed by atoms with van der Waals surface area (Å²) in [5.41, 5.74) is 1.01. The molecule has 5 nitrogen and oxygen atoms in total. The second-order valence-electron chi connectivity index (χ2n) is 5.29. The lowest BCUT2D eigenvalue weighted by atomic mass is 10.2. The Hall–Kier alpha value is -2.57. The van der Waals surface area contributed by atoms with Crippen LogP contribution in [0.15, 0.2) is 42.5 Å². The first kappa shape index (κ1) is 17.3. The van der Waals surface area contributed by atoms with E-state index < -0.39 is 0 Å². The Kier molecular flexibility index (Phi) is 4.92. The Morgan fingerprint density at radius 2 is 1.88 bits per heavy atom. The lowest BCUT2D eigenvalue weighted by Crippen LogP contribution is -2.12. The third-order valence-corrected chi connectivity index (χ3v) is 5.18. The molecule has 0 unspecified atom stereocenters. The molecular formula is C18H15ClN2O3S. The molecule has 0 aliphatic carbocycles. The molecular weight excluding hydrogens is 360 g/mol. The molecule has 1 aromatic heterocycles. The number of carbonyl (C=O) groups excluding carboxylic acids is 2. The first-order chi connectivity index (χ1) is 12.0. The standard InChI is InChI=1S/C18H15ClN2O3S/c1-10(22)20-13-9-11(7-8-14(13)24-2)21-18(23)17-16(19)12-5-3-4-6-15(12)25-17/h3-9H,1-2H3,(H,20,22)(H,21,23). The first-order valence-corrected chi connectivity index (χ1v) is 8.63. The van der Waals surface area contributed by atoms with Crippen LogP contribution in [0.5, 0.6) is 5.75 Å². The Morgan fingerprint density at radius 3 is 2.56 bits per heavy atom. The summed E-state index contributed by atoms with van der Waals surface area (Å²) in [6.07, 6.45) is 0. The van der Waals surface area contributed by atoms with Crippen LogP contribution in [-0.4, -0.2) is 18.9 Å². The minimum atomic E-state index is -0.301. The average molecular weight is 375 g/mol. The zero-order chi connectivity index (χ0) is 18.0. The van der Waals surface area contributed by atoms with E-state index >= 15 is 0 Å². The zero-order valence-corrected chi connectivity index (χ0v) is 15.1. The summed E-state index contributed by atoms with van der Waals surface area (Å²) in [5, 5.41) is 6.77. The van der Waals surface area contributed by atoms with E-state index in [0.717, 1.165) is 10.1 Å². The van der Waals surface area contributed by atoms with Crippen LogP contribution >= 0.6 is 22.9 Å². The lowest BCUT2D eigenvalue weighted by molar-refractivity contribution is -0.114. The molecule has 0 atom stereocenters. The number of benzene rings is 2. The Morgan fingerprint density at radius 1 is 1.12 bits per heavy atom. The molecule has 0 aliphatic rings. The molecule has 128 valence electrons. The third kappa shape index (κ3) is 3.60. The maximum absolute atomic E-state index is 12.6. The Labute approximate surface area is 153 Å². The highest BCUT2D eigenvalue weighted by molar-refractivity contribution is 7.21. The second-order valence-corrected chi connectivity index (χ2v) is 6.72. The molecule has 0 saturated heterocycles. The fourth-order valence-electron chi connectivity index (χ4n) is 2.42. The number of carbonyl (C=O) groups is 2. The highest BCUT2D eigenvalue weighted by Gasteiger charge is 2.17. The number of amides is 2. The molecule has 0 bridgehead atoms. The van der Waals surface area contributed by atoms with Crippen molar-refractivity contribution in [1.29, 1.82) is 0 Å². The Bertz CT molecular complexity index is 968. The van der Waals surface area contributed by atoms with E-state index in [4.69, 9.17) is 16.3 Å². The van der Waals surface area contributed by atoms with Gasteiger partial charge in [-0.3, -0.25) is 9.59 Å². The molecule has 7 heteroatoms. The van der Waals surface area contributed by atoms with E-state index in [1.165, 1.54) is 25.4 Å². The molecule has 0 radical (unpaired) electrons. The van der Waals surface area contributed by atoms with Gasteiger partial charge in [0.05, 0.1) is 17.8 Å². The van der Waals surface area contributed by atoms with Gasteiger partial charge in [-0.15, -0.1) is 11.3 Å². The van der Waals surface area contributed by atoms with E-state index in [2.05, 4.69) is 10.6 Å². The summed E-state index contributed by atoms with van der Waals surface area (Å²) in [4.78, 5) is 24.3. The number of halogens is 1. The highest BCUT2D eigenvalue weighted by atomic mass is 35.5. The van der Waals surface area contributed by atoms with Crippen LogP contribution in [0.4, 0.5) is 11.4 Å². The van der Waals surface area contributed by atoms with Gasteiger partial charge in [0.25, 0.3) is 5.91 Å². The third-order valence-electron chi connectivity index (χ3n) is 3.51. The summed E-state index contributed by atoms with van der Waals surface area (Å²) in [6.45, 7) is 1.40. The molecule has 3 rings (SSSR count). The summed E-state index contributed by atoms with van der Waals surface area (Å²) < 4.78 is 6.15. The summed E-state index contributed by atoms with van der Waals surface area (Å²) >= 11 is 7.67. The summed E-state index contributed by atoms with van der Waals surface area (Å²) in [5.74, 6) is -0.0208. The van der Waals surface area contributed by atoms with Crippen molar-refractivity contribution in [1.82, 2.24) is 0 Å². The van der Waals surface area contributed by atoms with Gasteiger partial charge in [-0.05, 0) is 24.3 Å². The van der Waals surface area contributed by atoms with Gasteiger partial charge in [0, 0.05) is 22.7 Å². The maximum Gasteiger partial charge on any atom is 0.267 e. The van der Waals surface area contributed by atoms with E-state index in [0.29, 0.717) is 27.0 Å². The number of rotatable bonds is 4. The van der Waals surface area contributed by atoms with Gasteiger partial charge >= 0.3 is 0 Å². The molecule has 2 amide bonds. The van der Waals surface area contributed by atoms with Crippen LogP contribution in [0.3, 0.4) is 0 Å². The number of thiophene rings is 1. The fraction of sp³-hybridized carbons (Fsp3) is 0.111. The van der Waals surface area contributed by atoms with E-state index in [1.807, 2.05) is 24.3 Å². The quantitative estimate of drug-likeness (QED) is 0.691. The van der Waals surface area contributed by atoms with E-state index in [1.54, 1.807) is 18.2 Å². The molecule has 25 heavy (non-hydrogen) atoms. The van der Waals surface area contributed by atoms with Crippen LogP contribution < -0.4 is 15.4 Å². The summed E-state index contributed by atoms with van der Waals surface area (Å²) in [6, 6.07) is 12.6. The minimum absolute atomic E-state index is 0.227. The zero-order valence-electron chi connectivity index (χ0n) is 13.6. The molecule has 3 aromatic rings. The molecule has 2 aromatic carbocycles. The number of nitrogens with one attached hydrogen (secondary N) is 2. The summed E-state index contributed by atoms with van der Waals surface area (Å²) in [7, 11) is 1.51. The van der Waals surface area contributed by atoms with Gasteiger partial charge in [0.2, 0.25) is 5.91 Å². The van der Waals surface area contributed by atoms with Crippen molar-refractivity contribution in [3.05, 3.63) is 52.4 Å². The molecule has 1 heterocycles. The van der Waals surface area contributed by atoms with Gasteiger partial charge in [-0.2, -0.15) is 0 Å². The number of hydrogen-bond acceptors (Lipinski definition) is 4. The largest absolute Gasteiger partial charge is 0.495 e. The van der Waals surface area contributed by atoms with E-state index in [9.17, 15) is 9.59 Å². The molecule has 0 saturated carbocycles.